The Balaban J connectivity index is 1.78. The van der Waals surface area contributed by atoms with Crippen LogP contribution < -0.4 is 4.74 Å². The fraction of sp³-hybridized carbons (Fsp3) is 0.381. The highest BCUT2D eigenvalue weighted by atomic mass is 16.5. The smallest absolute Gasteiger partial charge is 0.335 e. The van der Waals surface area contributed by atoms with E-state index in [9.17, 15) is 9.90 Å². The summed E-state index contributed by atoms with van der Waals surface area (Å²) >= 11 is 0. The van der Waals surface area contributed by atoms with E-state index >= 15 is 0 Å². The molecule has 0 saturated carbocycles. The Morgan fingerprint density at radius 1 is 1.04 bits per heavy atom. The van der Waals surface area contributed by atoms with Crippen LogP contribution in [-0.2, 0) is 11.8 Å². The van der Waals surface area contributed by atoms with Crippen molar-refractivity contribution in [2.75, 3.05) is 6.61 Å². The number of carboxylic acid groups (broad SMARTS) is 1. The lowest BCUT2D eigenvalue weighted by Crippen LogP contribution is -2.18. The van der Waals surface area contributed by atoms with Crippen LogP contribution in [0.4, 0.5) is 0 Å². The molecule has 134 valence electrons. The lowest BCUT2D eigenvalue weighted by molar-refractivity contribution is 0.0696. The first-order valence-electron chi connectivity index (χ1n) is 8.49. The number of carboxylic acids is 1. The minimum atomic E-state index is -0.968. The average molecular weight is 342 g/mol. The predicted octanol–water partition coefficient (Wildman–Crippen LogP) is 4.05. The second-order valence-corrected chi connectivity index (χ2v) is 7.28. The van der Waals surface area contributed by atoms with E-state index in [1.165, 1.54) is 23.3 Å². The molecule has 0 fully saturated rings. The Hall–Kier alpha value is -2.33. The first kappa shape index (κ1) is 19.0. The van der Waals surface area contributed by atoms with Gasteiger partial charge in [-0.25, -0.2) is 4.79 Å². The maximum absolute atomic E-state index is 10.8. The Labute approximate surface area is 149 Å². The van der Waals surface area contributed by atoms with E-state index < -0.39 is 12.1 Å². The van der Waals surface area contributed by atoms with Gasteiger partial charge in [-0.15, -0.1) is 0 Å². The number of ether oxygens (including phenoxy) is 1. The van der Waals surface area contributed by atoms with Crippen molar-refractivity contribution in [3.63, 3.8) is 0 Å². The number of aryl methyl sites for hydroxylation is 1. The normalized spacial score (nSPS) is 12.6. The van der Waals surface area contributed by atoms with Crippen LogP contribution in [0.1, 0.15) is 48.7 Å². The van der Waals surface area contributed by atoms with Gasteiger partial charge in [-0.05, 0) is 53.6 Å². The lowest BCUT2D eigenvalue weighted by Gasteiger charge is -2.19. The van der Waals surface area contributed by atoms with Crippen LogP contribution in [0, 0.1) is 0 Å². The van der Waals surface area contributed by atoms with Crippen LogP contribution in [0.2, 0.25) is 0 Å². The van der Waals surface area contributed by atoms with Crippen LogP contribution in [-0.4, -0.2) is 28.9 Å². The number of rotatable bonds is 7. The maximum atomic E-state index is 10.8. The minimum Gasteiger partial charge on any atom is -0.491 e. The summed E-state index contributed by atoms with van der Waals surface area (Å²) in [7, 11) is 0. The third kappa shape index (κ3) is 5.91. The molecular weight excluding hydrogens is 316 g/mol. The van der Waals surface area contributed by atoms with E-state index in [1.54, 1.807) is 12.1 Å². The van der Waals surface area contributed by atoms with Crippen molar-refractivity contribution in [3.8, 4) is 5.75 Å². The molecule has 2 aromatic carbocycles. The third-order valence-electron chi connectivity index (χ3n) is 4.13. The molecule has 0 aliphatic heterocycles. The summed E-state index contributed by atoms with van der Waals surface area (Å²) < 4.78 is 5.51. The van der Waals surface area contributed by atoms with Crippen LogP contribution in [0.15, 0.2) is 48.5 Å². The standard InChI is InChI=1S/C21H26O4/c1-21(2,3)17-9-4-15(5-10-17)6-11-18(22)14-25-19-12-7-16(8-13-19)20(23)24/h4-5,7-10,12-13,18,22H,6,11,14H2,1-3H3,(H,23,24). The first-order chi connectivity index (χ1) is 11.8. The van der Waals surface area contributed by atoms with E-state index in [-0.39, 0.29) is 17.6 Å². The van der Waals surface area contributed by atoms with Crippen molar-refractivity contribution in [2.24, 2.45) is 0 Å². The van der Waals surface area contributed by atoms with Crippen LogP contribution in [0.5, 0.6) is 5.75 Å². The number of carbonyl (C=O) groups is 1. The highest BCUT2D eigenvalue weighted by Gasteiger charge is 2.13. The molecule has 0 heterocycles. The van der Waals surface area contributed by atoms with Gasteiger partial charge in [0.1, 0.15) is 12.4 Å². The maximum Gasteiger partial charge on any atom is 0.335 e. The molecule has 0 aromatic heterocycles. The third-order valence-corrected chi connectivity index (χ3v) is 4.13. The molecule has 1 atom stereocenters. The monoisotopic (exact) mass is 342 g/mol. The molecule has 0 saturated heterocycles. The van der Waals surface area contributed by atoms with Crippen LogP contribution >= 0.6 is 0 Å². The molecule has 0 aliphatic rings. The highest BCUT2D eigenvalue weighted by Crippen LogP contribution is 2.22. The van der Waals surface area contributed by atoms with E-state index in [4.69, 9.17) is 9.84 Å². The van der Waals surface area contributed by atoms with Crippen LogP contribution in [0.3, 0.4) is 0 Å². The number of hydrogen-bond acceptors (Lipinski definition) is 3. The average Bonchev–Trinajstić information content (AvgIpc) is 2.58. The van der Waals surface area contributed by atoms with Gasteiger partial charge in [0.2, 0.25) is 0 Å². The summed E-state index contributed by atoms with van der Waals surface area (Å²) in [6, 6.07) is 14.7. The summed E-state index contributed by atoms with van der Waals surface area (Å²) in [4.78, 5) is 10.8. The van der Waals surface area contributed by atoms with E-state index in [2.05, 4.69) is 45.0 Å². The molecule has 25 heavy (non-hydrogen) atoms. The number of benzene rings is 2. The van der Waals surface area contributed by atoms with Gasteiger partial charge >= 0.3 is 5.97 Å². The largest absolute Gasteiger partial charge is 0.491 e. The summed E-state index contributed by atoms with van der Waals surface area (Å²) in [5, 5.41) is 18.9. The molecule has 0 aliphatic carbocycles. The van der Waals surface area contributed by atoms with Gasteiger partial charge in [0.05, 0.1) is 11.7 Å². The van der Waals surface area contributed by atoms with Crippen molar-refractivity contribution in [2.45, 2.75) is 45.1 Å². The number of aliphatic hydroxyl groups is 1. The summed E-state index contributed by atoms with van der Waals surface area (Å²) in [5.41, 5.74) is 2.84. The first-order valence-corrected chi connectivity index (χ1v) is 8.49. The Morgan fingerprint density at radius 2 is 1.64 bits per heavy atom. The van der Waals surface area contributed by atoms with Crippen molar-refractivity contribution in [1.29, 1.82) is 0 Å². The SMILES string of the molecule is CC(C)(C)c1ccc(CCC(O)COc2ccc(C(=O)O)cc2)cc1. The second-order valence-electron chi connectivity index (χ2n) is 7.28. The number of aromatic carboxylic acids is 1. The molecule has 0 radical (unpaired) electrons. The lowest BCUT2D eigenvalue weighted by atomic mass is 9.86. The van der Waals surface area contributed by atoms with Gasteiger partial charge in [-0.1, -0.05) is 45.0 Å². The fourth-order valence-electron chi connectivity index (χ4n) is 2.47. The second kappa shape index (κ2) is 8.17. The van der Waals surface area contributed by atoms with Crippen LogP contribution in [0.25, 0.3) is 0 Å². The van der Waals surface area contributed by atoms with Gasteiger partial charge in [-0.3, -0.25) is 0 Å². The molecule has 2 aromatic rings. The molecule has 2 N–H and O–H groups in total. The molecule has 1 unspecified atom stereocenters. The van der Waals surface area contributed by atoms with Gasteiger partial charge in [0, 0.05) is 0 Å². The van der Waals surface area contributed by atoms with Crippen molar-refractivity contribution in [1.82, 2.24) is 0 Å². The zero-order valence-electron chi connectivity index (χ0n) is 15.0. The Kier molecular flexibility index (Phi) is 6.21. The van der Waals surface area contributed by atoms with Gasteiger partial charge in [0.15, 0.2) is 0 Å². The fourth-order valence-corrected chi connectivity index (χ4v) is 2.47. The molecule has 4 nitrogen and oxygen atoms in total. The topological polar surface area (TPSA) is 66.8 Å². The van der Waals surface area contributed by atoms with E-state index in [0.717, 1.165) is 6.42 Å². The Bertz CT molecular complexity index is 681. The number of hydrogen-bond donors (Lipinski definition) is 2. The van der Waals surface area contributed by atoms with Crippen molar-refractivity contribution in [3.05, 3.63) is 65.2 Å². The summed E-state index contributed by atoms with van der Waals surface area (Å²) in [6.45, 7) is 6.75. The minimum absolute atomic E-state index is 0.141. The van der Waals surface area contributed by atoms with E-state index in [1.807, 2.05) is 0 Å². The highest BCUT2D eigenvalue weighted by molar-refractivity contribution is 5.87. The predicted molar refractivity (Wildman–Crippen MR) is 98.4 cm³/mol. The molecular formula is C21H26O4. The molecule has 0 bridgehead atoms. The molecule has 4 heteroatoms. The molecule has 0 amide bonds. The number of aliphatic hydroxyl groups excluding tert-OH is 1. The summed E-state index contributed by atoms with van der Waals surface area (Å²) in [5.74, 6) is -0.414. The van der Waals surface area contributed by atoms with Gasteiger partial charge in [0.25, 0.3) is 0 Å². The van der Waals surface area contributed by atoms with Crippen molar-refractivity contribution >= 4 is 5.97 Å². The zero-order chi connectivity index (χ0) is 18.4. The zero-order valence-corrected chi connectivity index (χ0v) is 15.0. The van der Waals surface area contributed by atoms with Crippen molar-refractivity contribution < 1.29 is 19.7 Å². The quantitative estimate of drug-likeness (QED) is 0.796. The molecule has 2 rings (SSSR count). The van der Waals surface area contributed by atoms with Gasteiger partial charge in [-0.2, -0.15) is 0 Å². The Morgan fingerprint density at radius 3 is 2.16 bits per heavy atom. The summed E-state index contributed by atoms with van der Waals surface area (Å²) in [6.07, 6.45) is 0.830. The van der Waals surface area contributed by atoms with E-state index in [0.29, 0.717) is 12.2 Å². The molecule has 0 spiro atoms. The van der Waals surface area contributed by atoms with Gasteiger partial charge < -0.3 is 14.9 Å².